The van der Waals surface area contributed by atoms with Crippen LogP contribution in [0.15, 0.2) is 18.2 Å². The smallest absolute Gasteiger partial charge is 0.0827 e. The van der Waals surface area contributed by atoms with E-state index in [1.54, 1.807) is 0 Å². The summed E-state index contributed by atoms with van der Waals surface area (Å²) in [6.45, 7) is 11.6. The summed E-state index contributed by atoms with van der Waals surface area (Å²) in [5, 5.41) is 13.9. The maximum absolute atomic E-state index is 10.5. The molecule has 3 nitrogen and oxygen atoms in total. The van der Waals surface area contributed by atoms with E-state index in [1.807, 2.05) is 0 Å². The van der Waals surface area contributed by atoms with Gasteiger partial charge >= 0.3 is 0 Å². The van der Waals surface area contributed by atoms with Gasteiger partial charge in [-0.2, -0.15) is 0 Å². The predicted molar refractivity (Wildman–Crippen MR) is 79.3 cm³/mol. The highest BCUT2D eigenvalue weighted by Crippen LogP contribution is 2.24. The molecule has 2 N–H and O–H groups in total. The van der Waals surface area contributed by atoms with Crippen molar-refractivity contribution in [3.8, 4) is 0 Å². The Morgan fingerprint density at radius 3 is 2.53 bits per heavy atom. The summed E-state index contributed by atoms with van der Waals surface area (Å²) in [7, 11) is 0. The number of hydrogen-bond donors (Lipinski definition) is 2. The van der Waals surface area contributed by atoms with Crippen LogP contribution in [0.2, 0.25) is 0 Å². The van der Waals surface area contributed by atoms with E-state index < -0.39 is 0 Å². The second kappa shape index (κ2) is 6.51. The summed E-state index contributed by atoms with van der Waals surface area (Å²) in [6.07, 6.45) is -0.366. The van der Waals surface area contributed by atoms with Gasteiger partial charge in [-0.05, 0) is 36.5 Å². The van der Waals surface area contributed by atoms with E-state index in [9.17, 15) is 5.11 Å². The van der Waals surface area contributed by atoms with Crippen molar-refractivity contribution >= 4 is 0 Å². The molecular weight excluding hydrogens is 236 g/mol. The van der Waals surface area contributed by atoms with E-state index in [2.05, 4.69) is 49.2 Å². The molecule has 19 heavy (non-hydrogen) atoms. The Morgan fingerprint density at radius 1 is 1.21 bits per heavy atom. The van der Waals surface area contributed by atoms with Crippen molar-refractivity contribution in [2.75, 3.05) is 32.7 Å². The molecule has 1 saturated heterocycles. The first kappa shape index (κ1) is 14.5. The molecule has 0 radical (unpaired) electrons. The van der Waals surface area contributed by atoms with Gasteiger partial charge in [0.05, 0.1) is 6.10 Å². The zero-order valence-corrected chi connectivity index (χ0v) is 12.3. The van der Waals surface area contributed by atoms with Crippen molar-refractivity contribution in [2.24, 2.45) is 5.92 Å². The molecule has 0 aromatic heterocycles. The summed E-state index contributed by atoms with van der Waals surface area (Å²) in [4.78, 5) is 2.44. The number of hydrogen-bond acceptors (Lipinski definition) is 3. The van der Waals surface area contributed by atoms with Crippen LogP contribution in [0.5, 0.6) is 0 Å². The van der Waals surface area contributed by atoms with Crippen LogP contribution in [-0.4, -0.2) is 42.7 Å². The molecule has 0 spiro atoms. The topological polar surface area (TPSA) is 35.5 Å². The molecular formula is C16H26N2O. The minimum absolute atomic E-state index is 0.264. The largest absolute Gasteiger partial charge is 0.388 e. The molecule has 0 saturated carbocycles. The van der Waals surface area contributed by atoms with Gasteiger partial charge in [0.1, 0.15) is 0 Å². The van der Waals surface area contributed by atoms with E-state index >= 15 is 0 Å². The molecule has 1 aliphatic heterocycles. The molecule has 106 valence electrons. The highest BCUT2D eigenvalue weighted by Gasteiger charge is 2.20. The fraction of sp³-hybridized carbons (Fsp3) is 0.625. The molecule has 2 atom stereocenters. The number of rotatable bonds is 4. The minimum atomic E-state index is -0.366. The Kier molecular flexibility index (Phi) is 4.97. The Bertz CT molecular complexity index is 413. The Balaban J connectivity index is 1.97. The molecule has 1 aromatic rings. The molecule has 2 unspecified atom stereocenters. The van der Waals surface area contributed by atoms with Crippen LogP contribution < -0.4 is 5.32 Å². The lowest BCUT2D eigenvalue weighted by Crippen LogP contribution is -2.45. The van der Waals surface area contributed by atoms with Gasteiger partial charge in [0.15, 0.2) is 0 Å². The highest BCUT2D eigenvalue weighted by atomic mass is 16.3. The Hall–Kier alpha value is -0.900. The SMILES string of the molecule is Cc1ccc(C(O)C(C)CN2CCNCC2)cc1C. The lowest BCUT2D eigenvalue weighted by atomic mass is 9.94. The molecule has 0 bridgehead atoms. The maximum Gasteiger partial charge on any atom is 0.0827 e. The van der Waals surface area contributed by atoms with Gasteiger partial charge in [0.2, 0.25) is 0 Å². The van der Waals surface area contributed by atoms with Crippen molar-refractivity contribution < 1.29 is 5.11 Å². The lowest BCUT2D eigenvalue weighted by molar-refractivity contribution is 0.0842. The summed E-state index contributed by atoms with van der Waals surface area (Å²) >= 11 is 0. The van der Waals surface area contributed by atoms with Crippen LogP contribution in [-0.2, 0) is 0 Å². The van der Waals surface area contributed by atoms with E-state index in [-0.39, 0.29) is 12.0 Å². The number of nitrogens with zero attached hydrogens (tertiary/aromatic N) is 1. The number of nitrogens with one attached hydrogen (secondary N) is 1. The van der Waals surface area contributed by atoms with Crippen LogP contribution >= 0.6 is 0 Å². The number of piperazine rings is 1. The van der Waals surface area contributed by atoms with E-state index in [0.29, 0.717) is 0 Å². The van der Waals surface area contributed by atoms with Crippen LogP contribution in [0.1, 0.15) is 29.7 Å². The summed E-state index contributed by atoms with van der Waals surface area (Å²) < 4.78 is 0. The first-order chi connectivity index (χ1) is 9.08. The predicted octanol–water partition coefficient (Wildman–Crippen LogP) is 1.88. The zero-order chi connectivity index (χ0) is 13.8. The second-order valence-electron chi connectivity index (χ2n) is 5.82. The van der Waals surface area contributed by atoms with Gasteiger partial charge in [-0.15, -0.1) is 0 Å². The molecule has 1 fully saturated rings. The van der Waals surface area contributed by atoms with Crippen molar-refractivity contribution in [1.82, 2.24) is 10.2 Å². The lowest BCUT2D eigenvalue weighted by Gasteiger charge is -2.31. The van der Waals surface area contributed by atoms with E-state index in [1.165, 1.54) is 11.1 Å². The Labute approximate surface area is 116 Å². The van der Waals surface area contributed by atoms with Gasteiger partial charge < -0.3 is 15.3 Å². The van der Waals surface area contributed by atoms with Gasteiger partial charge in [-0.25, -0.2) is 0 Å². The third kappa shape index (κ3) is 3.78. The molecule has 1 aliphatic rings. The van der Waals surface area contributed by atoms with Crippen LogP contribution in [0.3, 0.4) is 0 Å². The van der Waals surface area contributed by atoms with Crippen molar-refractivity contribution in [2.45, 2.75) is 26.9 Å². The standard InChI is InChI=1S/C16H26N2O/c1-12-4-5-15(10-13(12)2)16(19)14(3)11-18-8-6-17-7-9-18/h4-5,10,14,16-17,19H,6-9,11H2,1-3H3. The Morgan fingerprint density at radius 2 is 1.89 bits per heavy atom. The second-order valence-corrected chi connectivity index (χ2v) is 5.82. The highest BCUT2D eigenvalue weighted by molar-refractivity contribution is 5.31. The van der Waals surface area contributed by atoms with E-state index in [4.69, 9.17) is 0 Å². The van der Waals surface area contributed by atoms with Gasteiger partial charge in [0, 0.05) is 32.7 Å². The molecule has 0 aliphatic carbocycles. The zero-order valence-electron chi connectivity index (χ0n) is 12.3. The molecule has 1 aromatic carbocycles. The van der Waals surface area contributed by atoms with Gasteiger partial charge in [-0.1, -0.05) is 25.1 Å². The first-order valence-corrected chi connectivity index (χ1v) is 7.26. The molecule has 3 heteroatoms. The third-order valence-corrected chi connectivity index (χ3v) is 4.17. The summed E-state index contributed by atoms with van der Waals surface area (Å²) in [5.41, 5.74) is 3.59. The van der Waals surface area contributed by atoms with Crippen molar-refractivity contribution in [3.05, 3.63) is 34.9 Å². The minimum Gasteiger partial charge on any atom is -0.388 e. The number of aliphatic hydroxyl groups excluding tert-OH is 1. The maximum atomic E-state index is 10.5. The molecule has 0 amide bonds. The quantitative estimate of drug-likeness (QED) is 0.869. The normalized spacial score (nSPS) is 20.2. The van der Waals surface area contributed by atoms with Crippen LogP contribution in [0.4, 0.5) is 0 Å². The third-order valence-electron chi connectivity index (χ3n) is 4.17. The first-order valence-electron chi connectivity index (χ1n) is 7.26. The number of aryl methyl sites for hydroxylation is 2. The monoisotopic (exact) mass is 262 g/mol. The van der Waals surface area contributed by atoms with Crippen molar-refractivity contribution in [3.63, 3.8) is 0 Å². The number of benzene rings is 1. The van der Waals surface area contributed by atoms with Gasteiger partial charge in [-0.3, -0.25) is 0 Å². The van der Waals surface area contributed by atoms with E-state index in [0.717, 1.165) is 38.3 Å². The molecule has 1 heterocycles. The van der Waals surface area contributed by atoms with Crippen LogP contribution in [0.25, 0.3) is 0 Å². The average molecular weight is 262 g/mol. The average Bonchev–Trinajstić information content (AvgIpc) is 2.42. The summed E-state index contributed by atoms with van der Waals surface area (Å²) in [6, 6.07) is 6.28. The fourth-order valence-electron chi connectivity index (χ4n) is 2.68. The number of aliphatic hydroxyl groups is 1. The van der Waals surface area contributed by atoms with Crippen molar-refractivity contribution in [1.29, 1.82) is 0 Å². The van der Waals surface area contributed by atoms with Gasteiger partial charge in [0.25, 0.3) is 0 Å². The summed E-state index contributed by atoms with van der Waals surface area (Å²) in [5.74, 6) is 0.264. The van der Waals surface area contributed by atoms with Crippen LogP contribution in [0, 0.1) is 19.8 Å². The molecule has 2 rings (SSSR count). The fourth-order valence-corrected chi connectivity index (χ4v) is 2.68.